The molecule has 0 fully saturated rings. The van der Waals surface area contributed by atoms with Crippen molar-refractivity contribution in [2.75, 3.05) is 11.5 Å². The number of hydrogen-bond acceptors (Lipinski definition) is 3. The van der Waals surface area contributed by atoms with Crippen LogP contribution in [0, 0.1) is 0 Å². The highest BCUT2D eigenvalue weighted by Gasteiger charge is 2.07. The van der Waals surface area contributed by atoms with Crippen molar-refractivity contribution in [1.82, 2.24) is 10.6 Å². The number of rotatable bonds is 7. The summed E-state index contributed by atoms with van der Waals surface area (Å²) < 4.78 is 0. The molecule has 0 aliphatic carbocycles. The highest BCUT2D eigenvalue weighted by molar-refractivity contribution is 7.99. The number of hydrogen-bond donors (Lipinski definition) is 3. The molecular weight excluding hydrogens is 276 g/mol. The topological polar surface area (TPSA) is 78.4 Å². The molecule has 20 heavy (non-hydrogen) atoms. The summed E-state index contributed by atoms with van der Waals surface area (Å²) in [6.45, 7) is 4.33. The molecular formula is C14H20N2O3S. The predicted octanol–water partition coefficient (Wildman–Crippen LogP) is 2.33. The molecule has 0 heterocycles. The molecule has 1 unspecified atom stereocenters. The van der Waals surface area contributed by atoms with Gasteiger partial charge in [0, 0.05) is 18.3 Å². The second kappa shape index (κ2) is 8.47. The van der Waals surface area contributed by atoms with E-state index in [-0.39, 0.29) is 17.6 Å². The largest absolute Gasteiger partial charge is 0.478 e. The van der Waals surface area contributed by atoms with Gasteiger partial charge in [0.1, 0.15) is 0 Å². The van der Waals surface area contributed by atoms with Crippen LogP contribution in [0.1, 0.15) is 29.8 Å². The molecule has 110 valence electrons. The minimum Gasteiger partial charge on any atom is -0.478 e. The van der Waals surface area contributed by atoms with E-state index < -0.39 is 5.97 Å². The molecule has 3 N–H and O–H groups in total. The second-order valence-corrected chi connectivity index (χ2v) is 5.71. The number of carbonyl (C=O) groups excluding carboxylic acids is 1. The summed E-state index contributed by atoms with van der Waals surface area (Å²) >= 11 is 1.77. The molecule has 1 aromatic rings. The van der Waals surface area contributed by atoms with E-state index in [4.69, 9.17) is 5.11 Å². The van der Waals surface area contributed by atoms with Gasteiger partial charge in [0.15, 0.2) is 0 Å². The first-order valence-electron chi connectivity index (χ1n) is 6.47. The summed E-state index contributed by atoms with van der Waals surface area (Å²) in [4.78, 5) is 22.5. The van der Waals surface area contributed by atoms with Gasteiger partial charge in [-0.15, -0.1) is 0 Å². The first-order chi connectivity index (χ1) is 9.52. The van der Waals surface area contributed by atoms with Gasteiger partial charge >= 0.3 is 12.0 Å². The number of thioether (sulfide) groups is 1. The second-order valence-electron chi connectivity index (χ2n) is 4.39. The van der Waals surface area contributed by atoms with Crippen LogP contribution in [0.2, 0.25) is 0 Å². The van der Waals surface area contributed by atoms with Crippen molar-refractivity contribution in [3.05, 3.63) is 35.4 Å². The van der Waals surface area contributed by atoms with E-state index in [1.165, 1.54) is 6.07 Å². The zero-order chi connectivity index (χ0) is 15.0. The SMILES string of the molecule is CCSCC(C)NC(=O)NCc1cccc(C(=O)O)c1. The number of urea groups is 1. The third kappa shape index (κ3) is 5.97. The minimum absolute atomic E-state index is 0.102. The maximum atomic E-state index is 11.7. The normalized spacial score (nSPS) is 11.7. The van der Waals surface area contributed by atoms with Gasteiger partial charge in [-0.2, -0.15) is 11.8 Å². The fourth-order valence-corrected chi connectivity index (χ4v) is 2.28. The monoisotopic (exact) mass is 296 g/mol. The number of carboxylic acid groups (broad SMARTS) is 1. The van der Waals surface area contributed by atoms with E-state index in [0.717, 1.165) is 17.1 Å². The van der Waals surface area contributed by atoms with Crippen LogP contribution < -0.4 is 10.6 Å². The van der Waals surface area contributed by atoms with Gasteiger partial charge < -0.3 is 15.7 Å². The molecule has 0 bridgehead atoms. The van der Waals surface area contributed by atoms with Crippen molar-refractivity contribution in [3.63, 3.8) is 0 Å². The molecule has 5 nitrogen and oxygen atoms in total. The third-order valence-electron chi connectivity index (χ3n) is 2.58. The van der Waals surface area contributed by atoms with E-state index in [9.17, 15) is 9.59 Å². The van der Waals surface area contributed by atoms with E-state index in [1.807, 2.05) is 6.92 Å². The molecule has 0 aliphatic heterocycles. The van der Waals surface area contributed by atoms with Crippen molar-refractivity contribution in [1.29, 1.82) is 0 Å². The Hall–Kier alpha value is -1.69. The van der Waals surface area contributed by atoms with E-state index in [2.05, 4.69) is 17.6 Å². The lowest BCUT2D eigenvalue weighted by atomic mass is 10.1. The van der Waals surface area contributed by atoms with Crippen molar-refractivity contribution in [3.8, 4) is 0 Å². The van der Waals surface area contributed by atoms with Crippen molar-refractivity contribution < 1.29 is 14.7 Å². The van der Waals surface area contributed by atoms with Gasteiger partial charge in [0.2, 0.25) is 0 Å². The van der Waals surface area contributed by atoms with Crippen LogP contribution in [0.15, 0.2) is 24.3 Å². The number of benzene rings is 1. The smallest absolute Gasteiger partial charge is 0.335 e. The Morgan fingerprint density at radius 2 is 2.15 bits per heavy atom. The van der Waals surface area contributed by atoms with Gasteiger partial charge in [0.05, 0.1) is 5.56 Å². The summed E-state index contributed by atoms with van der Waals surface area (Å²) in [6.07, 6.45) is 0. The molecule has 0 aliphatic rings. The molecule has 1 atom stereocenters. The van der Waals surface area contributed by atoms with Crippen molar-refractivity contribution in [2.45, 2.75) is 26.4 Å². The van der Waals surface area contributed by atoms with Gasteiger partial charge in [-0.3, -0.25) is 0 Å². The lowest BCUT2D eigenvalue weighted by Gasteiger charge is -2.14. The average Bonchev–Trinajstić information content (AvgIpc) is 2.43. The molecule has 0 aromatic heterocycles. The summed E-state index contributed by atoms with van der Waals surface area (Å²) in [5.74, 6) is 0.926. The Bertz CT molecular complexity index is 465. The highest BCUT2D eigenvalue weighted by atomic mass is 32.2. The fraction of sp³-hybridized carbons (Fsp3) is 0.429. The van der Waals surface area contributed by atoms with Gasteiger partial charge in [-0.1, -0.05) is 19.1 Å². The van der Waals surface area contributed by atoms with Crippen LogP contribution in [0.3, 0.4) is 0 Å². The number of amides is 2. The fourth-order valence-electron chi connectivity index (χ4n) is 1.61. The molecule has 0 radical (unpaired) electrons. The van der Waals surface area contributed by atoms with E-state index in [0.29, 0.717) is 6.54 Å². The van der Waals surface area contributed by atoms with Crippen molar-refractivity contribution in [2.24, 2.45) is 0 Å². The third-order valence-corrected chi connectivity index (χ3v) is 3.72. The Labute approximate surface area is 123 Å². The molecule has 0 spiro atoms. The summed E-state index contributed by atoms with van der Waals surface area (Å²) in [5, 5.41) is 14.4. The standard InChI is InChI=1S/C14H20N2O3S/c1-3-20-9-10(2)16-14(19)15-8-11-5-4-6-12(7-11)13(17)18/h4-7,10H,3,8-9H2,1-2H3,(H,17,18)(H2,15,16,19). The number of aromatic carboxylic acids is 1. The van der Waals surface area contributed by atoms with Gasteiger partial charge in [-0.25, -0.2) is 9.59 Å². The van der Waals surface area contributed by atoms with E-state index >= 15 is 0 Å². The van der Waals surface area contributed by atoms with Crippen LogP contribution in [0.25, 0.3) is 0 Å². The summed E-state index contributed by atoms with van der Waals surface area (Å²) in [7, 11) is 0. The zero-order valence-corrected chi connectivity index (χ0v) is 12.5. The predicted molar refractivity (Wildman–Crippen MR) is 81.2 cm³/mol. The minimum atomic E-state index is -0.971. The number of carboxylic acids is 1. The van der Waals surface area contributed by atoms with Crippen LogP contribution in [0.5, 0.6) is 0 Å². The zero-order valence-electron chi connectivity index (χ0n) is 11.7. The highest BCUT2D eigenvalue weighted by Crippen LogP contribution is 2.05. The number of nitrogens with one attached hydrogen (secondary N) is 2. The Morgan fingerprint density at radius 3 is 2.80 bits per heavy atom. The van der Waals surface area contributed by atoms with Gasteiger partial charge in [-0.05, 0) is 30.4 Å². The van der Waals surface area contributed by atoms with E-state index in [1.54, 1.807) is 30.0 Å². The Morgan fingerprint density at radius 1 is 1.40 bits per heavy atom. The molecule has 0 saturated heterocycles. The summed E-state index contributed by atoms with van der Waals surface area (Å²) in [6, 6.07) is 6.39. The first-order valence-corrected chi connectivity index (χ1v) is 7.62. The van der Waals surface area contributed by atoms with Crippen LogP contribution in [-0.2, 0) is 6.54 Å². The van der Waals surface area contributed by atoms with Gasteiger partial charge in [0.25, 0.3) is 0 Å². The Balaban J connectivity index is 2.41. The molecule has 0 saturated carbocycles. The molecule has 1 aromatic carbocycles. The molecule has 6 heteroatoms. The maximum absolute atomic E-state index is 11.7. The summed E-state index contributed by atoms with van der Waals surface area (Å²) in [5.41, 5.74) is 0.980. The lowest BCUT2D eigenvalue weighted by Crippen LogP contribution is -2.41. The van der Waals surface area contributed by atoms with Crippen LogP contribution in [-0.4, -0.2) is 34.7 Å². The first kappa shape index (κ1) is 16.4. The lowest BCUT2D eigenvalue weighted by molar-refractivity contribution is 0.0696. The Kier molecular flexibility index (Phi) is 6.93. The maximum Gasteiger partial charge on any atom is 0.335 e. The van der Waals surface area contributed by atoms with Crippen molar-refractivity contribution >= 4 is 23.8 Å². The quantitative estimate of drug-likeness (QED) is 0.721. The molecule has 1 rings (SSSR count). The number of carbonyl (C=O) groups is 2. The van der Waals surface area contributed by atoms with Crippen LogP contribution >= 0.6 is 11.8 Å². The average molecular weight is 296 g/mol. The van der Waals surface area contributed by atoms with Crippen LogP contribution in [0.4, 0.5) is 4.79 Å². The molecule has 2 amide bonds.